The summed E-state index contributed by atoms with van der Waals surface area (Å²) >= 11 is 5.65. The van der Waals surface area contributed by atoms with Gasteiger partial charge in [-0.25, -0.2) is 12.8 Å². The second-order valence-corrected chi connectivity index (χ2v) is 7.76. The van der Waals surface area contributed by atoms with E-state index in [1.54, 1.807) is 12.1 Å². The fourth-order valence-corrected chi connectivity index (χ4v) is 4.51. The number of hydrogen-bond donors (Lipinski definition) is 1. The van der Waals surface area contributed by atoms with Gasteiger partial charge in [0.25, 0.3) is 0 Å². The summed E-state index contributed by atoms with van der Waals surface area (Å²) in [6.45, 7) is 0. The molecule has 1 fully saturated rings. The lowest BCUT2D eigenvalue weighted by atomic mass is 9.96. The van der Waals surface area contributed by atoms with Gasteiger partial charge in [0.05, 0.1) is 17.6 Å². The fraction of sp³-hybridized carbons (Fsp3) is 0.538. The molecule has 2 atom stereocenters. The average molecular weight is 307 g/mol. The van der Waals surface area contributed by atoms with Gasteiger partial charge in [-0.05, 0) is 36.5 Å². The van der Waals surface area contributed by atoms with Gasteiger partial charge in [0.2, 0.25) is 0 Å². The van der Waals surface area contributed by atoms with Crippen LogP contribution >= 0.6 is 11.6 Å². The van der Waals surface area contributed by atoms with Crippen LogP contribution in [-0.2, 0) is 16.3 Å². The Balaban J connectivity index is 1.93. The molecule has 0 aromatic heterocycles. The molecule has 1 aliphatic rings. The van der Waals surface area contributed by atoms with E-state index in [1.807, 2.05) is 0 Å². The third kappa shape index (κ3) is 4.16. The minimum Gasteiger partial charge on any atom is -0.393 e. The van der Waals surface area contributed by atoms with Crippen molar-refractivity contribution in [2.45, 2.75) is 25.4 Å². The summed E-state index contributed by atoms with van der Waals surface area (Å²) in [7, 11) is -2.93. The second-order valence-electron chi connectivity index (χ2n) is 5.10. The lowest BCUT2D eigenvalue weighted by Crippen LogP contribution is -2.17. The van der Waals surface area contributed by atoms with Crippen LogP contribution in [0.4, 0.5) is 4.39 Å². The topological polar surface area (TPSA) is 54.4 Å². The predicted octanol–water partition coefficient (Wildman–Crippen LogP) is 2.21. The second kappa shape index (κ2) is 5.77. The van der Waals surface area contributed by atoms with Crippen LogP contribution < -0.4 is 0 Å². The molecule has 0 spiro atoms. The zero-order valence-corrected chi connectivity index (χ0v) is 11.9. The van der Waals surface area contributed by atoms with Gasteiger partial charge in [0.1, 0.15) is 5.82 Å². The van der Waals surface area contributed by atoms with E-state index in [2.05, 4.69) is 0 Å². The van der Waals surface area contributed by atoms with Gasteiger partial charge in [0, 0.05) is 11.4 Å². The van der Waals surface area contributed by atoms with Crippen molar-refractivity contribution in [3.8, 4) is 0 Å². The average Bonchev–Trinajstić information content (AvgIpc) is 2.62. The minimum absolute atomic E-state index is 0.0182. The molecule has 0 saturated carbocycles. The number of aliphatic hydroxyl groups is 1. The smallest absolute Gasteiger partial charge is 0.150 e. The van der Waals surface area contributed by atoms with Crippen molar-refractivity contribution in [2.24, 2.45) is 5.92 Å². The van der Waals surface area contributed by atoms with Gasteiger partial charge >= 0.3 is 0 Å². The molecule has 1 aliphatic heterocycles. The van der Waals surface area contributed by atoms with Crippen LogP contribution in [-0.4, -0.2) is 31.1 Å². The number of benzene rings is 1. The van der Waals surface area contributed by atoms with Gasteiger partial charge in [-0.15, -0.1) is 0 Å². The highest BCUT2D eigenvalue weighted by atomic mass is 35.5. The molecule has 2 unspecified atom stereocenters. The first kappa shape index (κ1) is 14.8. The summed E-state index contributed by atoms with van der Waals surface area (Å²) in [4.78, 5) is 0. The highest BCUT2D eigenvalue weighted by molar-refractivity contribution is 7.91. The predicted molar refractivity (Wildman–Crippen MR) is 72.5 cm³/mol. The normalized spacial score (nSPS) is 23.4. The third-order valence-corrected chi connectivity index (χ3v) is 5.47. The number of halogens is 2. The molecule has 1 heterocycles. The van der Waals surface area contributed by atoms with E-state index in [0.717, 1.165) is 0 Å². The number of sulfone groups is 1. The van der Waals surface area contributed by atoms with Crippen LogP contribution in [0.2, 0.25) is 5.02 Å². The summed E-state index contributed by atoms with van der Waals surface area (Å²) < 4.78 is 36.2. The van der Waals surface area contributed by atoms with E-state index < -0.39 is 21.8 Å². The molecular formula is C13H16ClFO3S. The molecule has 0 radical (unpaired) electrons. The van der Waals surface area contributed by atoms with Gasteiger partial charge < -0.3 is 5.11 Å². The van der Waals surface area contributed by atoms with E-state index in [4.69, 9.17) is 11.6 Å². The molecule has 0 bridgehead atoms. The first-order valence-corrected chi connectivity index (χ1v) is 8.38. The van der Waals surface area contributed by atoms with E-state index in [-0.39, 0.29) is 23.8 Å². The summed E-state index contributed by atoms with van der Waals surface area (Å²) in [5.74, 6) is -0.131. The van der Waals surface area contributed by atoms with Crippen molar-refractivity contribution in [3.05, 3.63) is 34.6 Å². The Bertz CT molecular complexity index is 559. The van der Waals surface area contributed by atoms with Crippen LogP contribution in [0.3, 0.4) is 0 Å². The summed E-state index contributed by atoms with van der Waals surface area (Å²) in [5.41, 5.74) is 0.401. The van der Waals surface area contributed by atoms with Gasteiger partial charge in [-0.2, -0.15) is 0 Å². The molecule has 2 rings (SSSR count). The van der Waals surface area contributed by atoms with Crippen molar-refractivity contribution < 1.29 is 17.9 Å². The van der Waals surface area contributed by atoms with E-state index in [9.17, 15) is 17.9 Å². The first-order valence-electron chi connectivity index (χ1n) is 6.18. The number of aliphatic hydroxyl groups excluding tert-OH is 1. The Morgan fingerprint density at radius 2 is 2.21 bits per heavy atom. The van der Waals surface area contributed by atoms with Gasteiger partial charge in [0.15, 0.2) is 9.84 Å². The number of rotatable bonds is 4. The Hall–Kier alpha value is -0.650. The van der Waals surface area contributed by atoms with E-state index >= 15 is 0 Å². The maximum absolute atomic E-state index is 13.6. The molecular weight excluding hydrogens is 291 g/mol. The van der Waals surface area contributed by atoms with Crippen molar-refractivity contribution in [1.82, 2.24) is 0 Å². The summed E-state index contributed by atoms with van der Waals surface area (Å²) in [6, 6.07) is 4.34. The summed E-state index contributed by atoms with van der Waals surface area (Å²) in [6.07, 6.45) is 0.428. The largest absolute Gasteiger partial charge is 0.393 e. The highest BCUT2D eigenvalue weighted by Crippen LogP contribution is 2.25. The highest BCUT2D eigenvalue weighted by Gasteiger charge is 2.29. The Morgan fingerprint density at radius 3 is 2.79 bits per heavy atom. The zero-order valence-electron chi connectivity index (χ0n) is 10.4. The molecule has 1 N–H and O–H groups in total. The lowest BCUT2D eigenvalue weighted by Gasteiger charge is -2.15. The van der Waals surface area contributed by atoms with Crippen LogP contribution in [0.5, 0.6) is 0 Å². The molecule has 106 valence electrons. The Labute approximate surface area is 117 Å². The molecule has 0 amide bonds. The molecule has 1 saturated heterocycles. The molecule has 19 heavy (non-hydrogen) atoms. The standard InChI is InChI=1S/C13H16ClFO3S/c14-11-2-1-10(13(15)7-11)6-12(16)5-9-3-4-19(17,18)8-9/h1-2,7,9,12,16H,3-6,8H2. The van der Waals surface area contributed by atoms with E-state index in [0.29, 0.717) is 23.4 Å². The monoisotopic (exact) mass is 306 g/mol. The first-order chi connectivity index (χ1) is 8.85. The van der Waals surface area contributed by atoms with Crippen molar-refractivity contribution in [2.75, 3.05) is 11.5 Å². The molecule has 3 nitrogen and oxygen atoms in total. The SMILES string of the molecule is O=S1(=O)CCC(CC(O)Cc2ccc(Cl)cc2F)C1. The Kier molecular flexibility index (Phi) is 4.48. The molecule has 1 aromatic rings. The van der Waals surface area contributed by atoms with Gasteiger partial charge in [-0.1, -0.05) is 17.7 Å². The van der Waals surface area contributed by atoms with Crippen LogP contribution in [0, 0.1) is 11.7 Å². The van der Waals surface area contributed by atoms with E-state index in [1.165, 1.54) is 6.07 Å². The zero-order chi connectivity index (χ0) is 14.0. The van der Waals surface area contributed by atoms with Crippen LogP contribution in [0.1, 0.15) is 18.4 Å². The van der Waals surface area contributed by atoms with Crippen molar-refractivity contribution in [3.63, 3.8) is 0 Å². The maximum Gasteiger partial charge on any atom is 0.150 e. The quantitative estimate of drug-likeness (QED) is 0.928. The van der Waals surface area contributed by atoms with Gasteiger partial charge in [-0.3, -0.25) is 0 Å². The maximum atomic E-state index is 13.6. The molecule has 6 heteroatoms. The number of hydrogen-bond acceptors (Lipinski definition) is 3. The fourth-order valence-electron chi connectivity index (χ4n) is 2.47. The van der Waals surface area contributed by atoms with Crippen LogP contribution in [0.25, 0.3) is 0 Å². The Morgan fingerprint density at radius 1 is 1.47 bits per heavy atom. The van der Waals surface area contributed by atoms with Crippen molar-refractivity contribution >= 4 is 21.4 Å². The molecule has 1 aromatic carbocycles. The molecule has 0 aliphatic carbocycles. The van der Waals surface area contributed by atoms with Crippen LogP contribution in [0.15, 0.2) is 18.2 Å². The third-order valence-electron chi connectivity index (χ3n) is 3.40. The summed E-state index contributed by atoms with van der Waals surface area (Å²) in [5, 5.41) is 10.2. The minimum atomic E-state index is -2.93. The van der Waals surface area contributed by atoms with Crippen molar-refractivity contribution in [1.29, 1.82) is 0 Å². The lowest BCUT2D eigenvalue weighted by molar-refractivity contribution is 0.146.